The van der Waals surface area contributed by atoms with Crippen molar-refractivity contribution in [3.63, 3.8) is 0 Å². The molecule has 6 heteroatoms. The monoisotopic (exact) mass is 447 g/mol. The molecule has 1 fully saturated rings. The van der Waals surface area contributed by atoms with Crippen molar-refractivity contribution in [1.82, 2.24) is 0 Å². The van der Waals surface area contributed by atoms with Crippen LogP contribution in [0.1, 0.15) is 122 Å². The second-order valence-corrected chi connectivity index (χ2v) is 10.5. The lowest BCUT2D eigenvalue weighted by molar-refractivity contribution is -0.887. The summed E-state index contributed by atoms with van der Waals surface area (Å²) in [6, 6.07) is 0. The maximum Gasteiger partial charge on any atom is 0.268 e. The fraction of sp³-hybridized carbons (Fsp3) is 1.00. The Hall–Kier alpha value is 0.0700. The highest BCUT2D eigenvalue weighted by Crippen LogP contribution is 2.38. The van der Waals surface area contributed by atoms with Crippen LogP contribution >= 0.6 is 7.82 Å². The topological polar surface area (TPSA) is 63.0 Å². The van der Waals surface area contributed by atoms with Gasteiger partial charge in [0.05, 0.1) is 19.7 Å². The molecule has 0 radical (unpaired) electrons. The Morgan fingerprint density at radius 1 is 0.667 bits per heavy atom. The largest absolute Gasteiger partial charge is 0.756 e. The third kappa shape index (κ3) is 17.7. The molecule has 5 nitrogen and oxygen atoms in total. The summed E-state index contributed by atoms with van der Waals surface area (Å²) in [5, 5.41) is 0. The Bertz CT molecular complexity index is 416. The zero-order valence-corrected chi connectivity index (χ0v) is 20.7. The van der Waals surface area contributed by atoms with Crippen LogP contribution in [-0.4, -0.2) is 32.8 Å². The Morgan fingerprint density at radius 2 is 1.07 bits per heavy atom. The van der Waals surface area contributed by atoms with E-state index in [1.807, 2.05) is 0 Å². The van der Waals surface area contributed by atoms with Crippen LogP contribution in [0.4, 0.5) is 0 Å². The summed E-state index contributed by atoms with van der Waals surface area (Å²) in [5.74, 6) is 0. The summed E-state index contributed by atoms with van der Waals surface area (Å²) in [7, 11) is -4.10. The van der Waals surface area contributed by atoms with Crippen LogP contribution < -0.4 is 9.79 Å². The first-order valence-corrected chi connectivity index (χ1v) is 14.5. The Balaban J connectivity index is 1.76. The van der Waals surface area contributed by atoms with Crippen LogP contribution in [0.5, 0.6) is 0 Å². The molecular weight excluding hydrogens is 397 g/mol. The molecule has 180 valence electrons. The number of phosphoric acid groups is 1. The van der Waals surface area contributed by atoms with E-state index >= 15 is 0 Å². The molecule has 1 aliphatic heterocycles. The van der Waals surface area contributed by atoms with Gasteiger partial charge in [-0.2, -0.15) is 0 Å². The number of rotatable bonds is 22. The van der Waals surface area contributed by atoms with Crippen molar-refractivity contribution in [2.24, 2.45) is 0 Å². The summed E-state index contributed by atoms with van der Waals surface area (Å²) in [6.45, 7) is 5.80. The Morgan fingerprint density at radius 3 is 1.53 bits per heavy atom. The molecule has 1 unspecified atom stereocenters. The van der Waals surface area contributed by atoms with Crippen molar-refractivity contribution in [3.8, 4) is 0 Å². The van der Waals surface area contributed by atoms with Gasteiger partial charge in [0.25, 0.3) is 7.82 Å². The van der Waals surface area contributed by atoms with Gasteiger partial charge in [0, 0.05) is 12.8 Å². The van der Waals surface area contributed by atoms with E-state index in [1.54, 1.807) is 0 Å². The molecule has 0 bridgehead atoms. The normalized spacial score (nSPS) is 16.9. The zero-order chi connectivity index (χ0) is 21.8. The molecular formula is C24H50NO4P. The molecule has 1 aliphatic rings. The average molecular weight is 448 g/mol. The van der Waals surface area contributed by atoms with Crippen LogP contribution in [0.2, 0.25) is 0 Å². The highest BCUT2D eigenvalue weighted by atomic mass is 31.2. The third-order valence-corrected chi connectivity index (χ3v) is 7.26. The van der Waals surface area contributed by atoms with Crippen molar-refractivity contribution < 1.29 is 23.4 Å². The van der Waals surface area contributed by atoms with Gasteiger partial charge in [0.15, 0.2) is 0 Å². The predicted octanol–water partition coefficient (Wildman–Crippen LogP) is 5.43. The summed E-state index contributed by atoms with van der Waals surface area (Å²) in [4.78, 5) is 13.2. The van der Waals surface area contributed by atoms with E-state index in [2.05, 4.69) is 6.92 Å². The molecule has 0 spiro atoms. The number of hydrogen-bond acceptors (Lipinski definition) is 4. The Labute approximate surface area is 186 Å². The van der Waals surface area contributed by atoms with Gasteiger partial charge in [0.2, 0.25) is 0 Å². The van der Waals surface area contributed by atoms with Gasteiger partial charge in [-0.15, -0.1) is 0 Å². The molecule has 0 aliphatic carbocycles. The van der Waals surface area contributed by atoms with Gasteiger partial charge in [-0.05, 0) is 6.42 Å². The molecule has 1 N–H and O–H groups in total. The Kier molecular flexibility index (Phi) is 18.5. The van der Waals surface area contributed by atoms with Crippen LogP contribution in [0.15, 0.2) is 0 Å². The summed E-state index contributed by atoms with van der Waals surface area (Å²) >= 11 is 0. The van der Waals surface area contributed by atoms with E-state index in [0.717, 1.165) is 32.5 Å². The van der Waals surface area contributed by atoms with Gasteiger partial charge in [-0.25, -0.2) is 0 Å². The van der Waals surface area contributed by atoms with E-state index in [1.165, 1.54) is 108 Å². The summed E-state index contributed by atoms with van der Waals surface area (Å²) in [6.07, 6.45) is 23.4. The van der Waals surface area contributed by atoms with Crippen LogP contribution in [0, 0.1) is 0 Å². The number of hydrogen-bond donors (Lipinski definition) is 1. The van der Waals surface area contributed by atoms with Crippen LogP contribution in [-0.2, 0) is 13.6 Å². The van der Waals surface area contributed by atoms with E-state index in [0.29, 0.717) is 0 Å². The number of phosphoric ester groups is 1. The first-order valence-electron chi connectivity index (χ1n) is 13.1. The fourth-order valence-electron chi connectivity index (χ4n) is 4.29. The SMILES string of the molecule is CCCCCCCCCCCCCCCCCCOP(=O)([O-])OCC[NH+]1CCCC1. The average Bonchev–Trinajstić information content (AvgIpc) is 3.23. The van der Waals surface area contributed by atoms with E-state index in [-0.39, 0.29) is 13.2 Å². The van der Waals surface area contributed by atoms with Gasteiger partial charge in [-0.3, -0.25) is 4.57 Å². The molecule has 30 heavy (non-hydrogen) atoms. The highest BCUT2D eigenvalue weighted by molar-refractivity contribution is 7.45. The number of nitrogens with one attached hydrogen (secondary N) is 1. The lowest BCUT2D eigenvalue weighted by atomic mass is 10.0. The highest BCUT2D eigenvalue weighted by Gasteiger charge is 2.16. The molecule has 0 aromatic carbocycles. The number of unbranched alkanes of at least 4 members (excludes halogenated alkanes) is 15. The van der Waals surface area contributed by atoms with Crippen molar-refractivity contribution in [1.29, 1.82) is 0 Å². The van der Waals surface area contributed by atoms with Gasteiger partial charge in [-0.1, -0.05) is 103 Å². The molecule has 0 aromatic rings. The maximum atomic E-state index is 11.7. The van der Waals surface area contributed by atoms with Crippen molar-refractivity contribution in [3.05, 3.63) is 0 Å². The van der Waals surface area contributed by atoms with E-state index in [4.69, 9.17) is 9.05 Å². The maximum absolute atomic E-state index is 11.7. The van der Waals surface area contributed by atoms with Gasteiger partial charge >= 0.3 is 0 Å². The van der Waals surface area contributed by atoms with Gasteiger partial charge in [0.1, 0.15) is 13.2 Å². The smallest absolute Gasteiger partial charge is 0.268 e. The van der Waals surface area contributed by atoms with Crippen molar-refractivity contribution in [2.75, 3.05) is 32.8 Å². The van der Waals surface area contributed by atoms with Crippen LogP contribution in [0.3, 0.4) is 0 Å². The molecule has 1 heterocycles. The van der Waals surface area contributed by atoms with Gasteiger partial charge < -0.3 is 18.8 Å². The lowest BCUT2D eigenvalue weighted by Crippen LogP contribution is -3.10. The lowest BCUT2D eigenvalue weighted by Gasteiger charge is -2.23. The minimum absolute atomic E-state index is 0.245. The molecule has 1 saturated heterocycles. The quantitative estimate of drug-likeness (QED) is 0.178. The van der Waals surface area contributed by atoms with Crippen LogP contribution in [0.25, 0.3) is 0 Å². The van der Waals surface area contributed by atoms with E-state index in [9.17, 15) is 9.46 Å². The zero-order valence-electron chi connectivity index (χ0n) is 19.8. The molecule has 0 amide bonds. The second-order valence-electron chi connectivity index (χ2n) is 9.12. The number of quaternary nitrogens is 1. The first-order chi connectivity index (χ1) is 14.6. The minimum atomic E-state index is -4.10. The fourth-order valence-corrected chi connectivity index (χ4v) is 5.03. The predicted molar refractivity (Wildman–Crippen MR) is 124 cm³/mol. The van der Waals surface area contributed by atoms with Crippen molar-refractivity contribution in [2.45, 2.75) is 122 Å². The van der Waals surface area contributed by atoms with Crippen molar-refractivity contribution >= 4 is 7.82 Å². The summed E-state index contributed by atoms with van der Waals surface area (Å²) < 4.78 is 21.7. The second kappa shape index (κ2) is 19.7. The number of likely N-dealkylation sites (tertiary alicyclic amines) is 1. The first kappa shape index (κ1) is 28.1. The third-order valence-electron chi connectivity index (χ3n) is 6.26. The molecule has 0 saturated carbocycles. The standard InChI is InChI=1S/C24H50NO4P/c1-2-3-4-5-6-7-8-9-10-11-12-13-14-15-16-19-23-28-30(26,27)29-24-22-25-20-17-18-21-25/h2-24H2,1H3,(H,26,27). The molecule has 0 aromatic heterocycles. The van der Waals surface area contributed by atoms with E-state index < -0.39 is 7.82 Å². The summed E-state index contributed by atoms with van der Waals surface area (Å²) in [5.41, 5.74) is 0. The minimum Gasteiger partial charge on any atom is -0.756 e. The molecule has 1 atom stereocenters. The molecule has 1 rings (SSSR count).